The molecular formula is C30H33BrCl2N4O3. The van der Waals surface area contributed by atoms with Crippen molar-refractivity contribution in [2.45, 2.75) is 33.4 Å². The van der Waals surface area contributed by atoms with E-state index in [0.717, 1.165) is 47.5 Å². The van der Waals surface area contributed by atoms with E-state index in [1.165, 1.54) is 4.90 Å². The van der Waals surface area contributed by atoms with E-state index in [1.54, 1.807) is 37.4 Å². The quantitative estimate of drug-likeness (QED) is 0.280. The third-order valence-corrected chi connectivity index (χ3v) is 8.31. The first-order valence-electron chi connectivity index (χ1n) is 13.1. The Bertz CT molecular complexity index is 1390. The van der Waals surface area contributed by atoms with Crippen molar-refractivity contribution in [3.05, 3.63) is 80.2 Å². The second-order valence-corrected chi connectivity index (χ2v) is 11.9. The van der Waals surface area contributed by atoms with Gasteiger partial charge in [0.1, 0.15) is 11.5 Å². The summed E-state index contributed by atoms with van der Waals surface area (Å²) in [7, 11) is 1.60. The smallest absolute Gasteiger partial charge is 0.313 e. The molecule has 1 N–H and O–H groups in total. The van der Waals surface area contributed by atoms with Gasteiger partial charge >= 0.3 is 11.8 Å². The number of hydrogen-bond acceptors (Lipinski definition) is 5. The molecule has 0 radical (unpaired) electrons. The Labute approximate surface area is 254 Å². The van der Waals surface area contributed by atoms with E-state index in [1.807, 2.05) is 25.1 Å². The van der Waals surface area contributed by atoms with Crippen molar-refractivity contribution in [2.75, 3.05) is 43.4 Å². The van der Waals surface area contributed by atoms with Gasteiger partial charge < -0.3 is 19.9 Å². The molecule has 0 bridgehead atoms. The van der Waals surface area contributed by atoms with Crippen LogP contribution in [0.3, 0.4) is 0 Å². The molecule has 10 heteroatoms. The molecule has 3 aromatic carbocycles. The summed E-state index contributed by atoms with van der Waals surface area (Å²) in [6, 6.07) is 16.9. The van der Waals surface area contributed by atoms with Gasteiger partial charge in [0.05, 0.1) is 10.0 Å². The summed E-state index contributed by atoms with van der Waals surface area (Å²) in [6.07, 6.45) is 0. The summed E-state index contributed by atoms with van der Waals surface area (Å²) in [4.78, 5) is 32.0. The number of aryl methyl sites for hydroxylation is 1. The second kappa shape index (κ2) is 13.3. The van der Waals surface area contributed by atoms with Crippen LogP contribution in [0.25, 0.3) is 0 Å². The highest BCUT2D eigenvalue weighted by molar-refractivity contribution is 9.10. The number of nitrogens with zero attached hydrogens (tertiary/aromatic N) is 3. The van der Waals surface area contributed by atoms with Crippen LogP contribution in [0.2, 0.25) is 10.0 Å². The Balaban J connectivity index is 1.36. The van der Waals surface area contributed by atoms with Gasteiger partial charge in [-0.1, -0.05) is 45.2 Å². The first-order valence-corrected chi connectivity index (χ1v) is 14.6. The summed E-state index contributed by atoms with van der Waals surface area (Å²) < 4.78 is 6.60. The molecule has 1 aliphatic rings. The Kier molecular flexibility index (Phi) is 10.0. The summed E-state index contributed by atoms with van der Waals surface area (Å²) in [5.41, 5.74) is 3.50. The molecule has 40 heavy (non-hydrogen) atoms. The van der Waals surface area contributed by atoms with E-state index in [2.05, 4.69) is 51.0 Å². The third kappa shape index (κ3) is 7.69. The molecule has 1 fully saturated rings. The molecule has 2 amide bonds. The van der Waals surface area contributed by atoms with Crippen molar-refractivity contribution in [2.24, 2.45) is 0 Å². The highest BCUT2D eigenvalue weighted by Gasteiger charge is 2.22. The van der Waals surface area contributed by atoms with E-state index in [9.17, 15) is 9.59 Å². The lowest BCUT2D eigenvalue weighted by atomic mass is 10.1. The van der Waals surface area contributed by atoms with Crippen molar-refractivity contribution in [3.8, 4) is 11.5 Å². The zero-order chi connectivity index (χ0) is 29.0. The van der Waals surface area contributed by atoms with Gasteiger partial charge in [0, 0.05) is 67.7 Å². The lowest BCUT2D eigenvalue weighted by molar-refractivity contribution is -0.142. The maximum absolute atomic E-state index is 12.9. The SMILES string of the molecule is Cc1cc(NC(=O)C(=O)N(C)Cc2ccc(Oc3ccc(Cl)c(Cl)c3)cc2Br)cc(N2CCN(C(C)C)CC2)c1. The minimum Gasteiger partial charge on any atom is -0.457 e. The molecular weight excluding hydrogens is 615 g/mol. The van der Waals surface area contributed by atoms with Gasteiger partial charge in [-0.15, -0.1) is 0 Å². The molecule has 0 unspecified atom stereocenters. The van der Waals surface area contributed by atoms with Crippen LogP contribution >= 0.6 is 39.1 Å². The van der Waals surface area contributed by atoms with Gasteiger partial charge in [0.25, 0.3) is 0 Å². The first-order chi connectivity index (χ1) is 19.0. The van der Waals surface area contributed by atoms with Crippen LogP contribution in [-0.2, 0) is 16.1 Å². The molecule has 0 aromatic heterocycles. The molecule has 0 saturated carbocycles. The average Bonchev–Trinajstić information content (AvgIpc) is 2.91. The fourth-order valence-corrected chi connectivity index (χ4v) is 5.37. The van der Waals surface area contributed by atoms with Gasteiger partial charge in [0.15, 0.2) is 0 Å². The number of benzene rings is 3. The van der Waals surface area contributed by atoms with Crippen LogP contribution in [0, 0.1) is 6.92 Å². The van der Waals surface area contributed by atoms with Crippen LogP contribution in [0.15, 0.2) is 59.1 Å². The van der Waals surface area contributed by atoms with Gasteiger partial charge in [-0.05, 0) is 74.4 Å². The van der Waals surface area contributed by atoms with E-state index in [4.69, 9.17) is 27.9 Å². The molecule has 212 valence electrons. The molecule has 1 heterocycles. The monoisotopic (exact) mass is 646 g/mol. The number of nitrogens with one attached hydrogen (secondary N) is 1. The highest BCUT2D eigenvalue weighted by Crippen LogP contribution is 2.32. The maximum atomic E-state index is 12.9. The molecule has 3 aromatic rings. The normalized spacial score (nSPS) is 13.8. The Morgan fingerprint density at radius 3 is 2.30 bits per heavy atom. The Hall–Kier alpha value is -2.78. The fourth-order valence-electron chi connectivity index (χ4n) is 4.60. The summed E-state index contributed by atoms with van der Waals surface area (Å²) in [6.45, 7) is 10.5. The van der Waals surface area contributed by atoms with Gasteiger partial charge in [-0.3, -0.25) is 14.5 Å². The van der Waals surface area contributed by atoms with Gasteiger partial charge in [-0.2, -0.15) is 0 Å². The van der Waals surface area contributed by atoms with Gasteiger partial charge in [0.2, 0.25) is 0 Å². The Morgan fingerprint density at radius 1 is 0.975 bits per heavy atom. The van der Waals surface area contributed by atoms with Crippen LogP contribution in [0.5, 0.6) is 11.5 Å². The lowest BCUT2D eigenvalue weighted by Crippen LogP contribution is -2.48. The third-order valence-electron chi connectivity index (χ3n) is 6.83. The van der Waals surface area contributed by atoms with Crippen molar-refractivity contribution in [3.63, 3.8) is 0 Å². The molecule has 4 rings (SSSR count). The summed E-state index contributed by atoms with van der Waals surface area (Å²) >= 11 is 15.6. The number of piperazine rings is 1. The van der Waals surface area contributed by atoms with Crippen molar-refractivity contribution in [1.29, 1.82) is 0 Å². The van der Waals surface area contributed by atoms with Crippen LogP contribution < -0.4 is 15.0 Å². The minimum atomic E-state index is -0.681. The summed E-state index contributed by atoms with van der Waals surface area (Å²) in [5, 5.41) is 3.65. The molecule has 1 aliphatic heterocycles. The number of ether oxygens (including phenoxy) is 1. The molecule has 7 nitrogen and oxygen atoms in total. The minimum absolute atomic E-state index is 0.235. The Morgan fingerprint density at radius 2 is 1.65 bits per heavy atom. The predicted molar refractivity (Wildman–Crippen MR) is 166 cm³/mol. The number of carbonyl (C=O) groups is 2. The largest absolute Gasteiger partial charge is 0.457 e. The number of carbonyl (C=O) groups excluding carboxylic acids is 2. The van der Waals surface area contributed by atoms with Crippen molar-refractivity contribution < 1.29 is 14.3 Å². The standard InChI is InChI=1S/C30H33BrCl2N4O3/c1-19(2)36-9-11-37(12-10-36)23-14-20(3)13-22(15-23)34-29(38)30(39)35(4)18-21-5-6-24(16-26(21)31)40-25-7-8-27(32)28(33)17-25/h5-8,13-17,19H,9-12,18H2,1-4H3,(H,34,38). The highest BCUT2D eigenvalue weighted by atomic mass is 79.9. The van der Waals surface area contributed by atoms with Crippen molar-refractivity contribution >= 4 is 62.3 Å². The van der Waals surface area contributed by atoms with Crippen LogP contribution in [0.4, 0.5) is 11.4 Å². The van der Waals surface area contributed by atoms with E-state index in [-0.39, 0.29) is 6.54 Å². The molecule has 0 aliphatic carbocycles. The van der Waals surface area contributed by atoms with E-state index < -0.39 is 11.8 Å². The molecule has 0 spiro atoms. The topological polar surface area (TPSA) is 65.1 Å². The van der Waals surface area contributed by atoms with E-state index in [0.29, 0.717) is 33.3 Å². The van der Waals surface area contributed by atoms with E-state index >= 15 is 0 Å². The number of hydrogen-bond donors (Lipinski definition) is 1. The molecule has 1 saturated heterocycles. The van der Waals surface area contributed by atoms with Crippen molar-refractivity contribution in [1.82, 2.24) is 9.80 Å². The zero-order valence-electron chi connectivity index (χ0n) is 23.0. The maximum Gasteiger partial charge on any atom is 0.313 e. The van der Waals surface area contributed by atoms with Gasteiger partial charge in [-0.25, -0.2) is 0 Å². The lowest BCUT2D eigenvalue weighted by Gasteiger charge is -2.38. The average molecular weight is 648 g/mol. The van der Waals surface area contributed by atoms with Crippen LogP contribution in [-0.4, -0.2) is 60.9 Å². The zero-order valence-corrected chi connectivity index (χ0v) is 26.1. The number of halogens is 3. The van der Waals surface area contributed by atoms with Crippen LogP contribution in [0.1, 0.15) is 25.0 Å². The number of rotatable bonds is 7. The fraction of sp³-hybridized carbons (Fsp3) is 0.333. The first kappa shape index (κ1) is 30.2. The molecule has 0 atom stereocenters. The number of likely N-dealkylation sites (N-methyl/N-ethyl adjacent to an activating group) is 1. The summed E-state index contributed by atoms with van der Waals surface area (Å²) in [5.74, 6) is -0.173. The predicted octanol–water partition coefficient (Wildman–Crippen LogP) is 6.98. The number of amides is 2. The number of anilines is 2. The second-order valence-electron chi connectivity index (χ2n) is 10.2.